The molecule has 0 aliphatic rings. The van der Waals surface area contributed by atoms with Gasteiger partial charge in [-0.3, -0.25) is 4.79 Å². The minimum Gasteiger partial charge on any atom is -0.351 e. The lowest BCUT2D eigenvalue weighted by atomic mass is 10.0. The molecule has 0 saturated carbocycles. The quantitative estimate of drug-likeness (QED) is 0.679. The molecular formula is C12H27N3O. The van der Waals surface area contributed by atoms with E-state index < -0.39 is 0 Å². The number of likely N-dealkylation sites (N-methyl/N-ethyl adjacent to an activating group) is 1. The maximum Gasteiger partial charge on any atom is 0.237 e. The summed E-state index contributed by atoms with van der Waals surface area (Å²) in [6.45, 7) is 7.11. The van der Waals surface area contributed by atoms with Gasteiger partial charge in [0.1, 0.15) is 0 Å². The Morgan fingerprint density at radius 1 is 1.38 bits per heavy atom. The van der Waals surface area contributed by atoms with Crippen molar-refractivity contribution in [2.75, 3.05) is 20.6 Å². The van der Waals surface area contributed by atoms with Crippen molar-refractivity contribution in [3.8, 4) is 0 Å². The van der Waals surface area contributed by atoms with Gasteiger partial charge in [0, 0.05) is 12.6 Å². The van der Waals surface area contributed by atoms with Crippen LogP contribution in [0.4, 0.5) is 0 Å². The minimum atomic E-state index is -0.378. The fourth-order valence-corrected chi connectivity index (χ4v) is 1.68. The molecule has 0 aromatic heterocycles. The molecule has 0 spiro atoms. The van der Waals surface area contributed by atoms with Crippen molar-refractivity contribution in [1.29, 1.82) is 0 Å². The number of nitrogens with zero attached hydrogens (tertiary/aromatic N) is 1. The van der Waals surface area contributed by atoms with Gasteiger partial charge in [-0.05, 0) is 32.9 Å². The molecule has 0 heterocycles. The van der Waals surface area contributed by atoms with E-state index in [2.05, 4.69) is 24.1 Å². The molecule has 0 radical (unpaired) electrons. The highest BCUT2D eigenvalue weighted by molar-refractivity contribution is 5.81. The second-order valence-corrected chi connectivity index (χ2v) is 5.11. The summed E-state index contributed by atoms with van der Waals surface area (Å²) < 4.78 is 0. The molecule has 0 fully saturated rings. The molecule has 1 unspecified atom stereocenters. The fourth-order valence-electron chi connectivity index (χ4n) is 1.68. The Morgan fingerprint density at radius 2 is 1.94 bits per heavy atom. The van der Waals surface area contributed by atoms with Gasteiger partial charge in [0.15, 0.2) is 0 Å². The molecular weight excluding hydrogens is 202 g/mol. The normalized spacial score (nSPS) is 15.2. The average Bonchev–Trinajstić information content (AvgIpc) is 2.14. The molecule has 0 bridgehead atoms. The Hall–Kier alpha value is -0.610. The van der Waals surface area contributed by atoms with Gasteiger partial charge < -0.3 is 16.0 Å². The summed E-state index contributed by atoms with van der Waals surface area (Å²) in [5.41, 5.74) is 5.70. The highest BCUT2D eigenvalue weighted by atomic mass is 16.2. The number of nitrogens with two attached hydrogens (primary N) is 1. The Balaban J connectivity index is 4.24. The Kier molecular flexibility index (Phi) is 7.34. The van der Waals surface area contributed by atoms with E-state index >= 15 is 0 Å². The fraction of sp³-hybridized carbons (Fsp3) is 0.917. The van der Waals surface area contributed by atoms with Crippen LogP contribution < -0.4 is 11.1 Å². The largest absolute Gasteiger partial charge is 0.351 e. The van der Waals surface area contributed by atoms with Crippen LogP contribution in [0.25, 0.3) is 0 Å². The van der Waals surface area contributed by atoms with E-state index in [1.165, 1.54) is 0 Å². The van der Waals surface area contributed by atoms with Gasteiger partial charge in [-0.2, -0.15) is 0 Å². The van der Waals surface area contributed by atoms with E-state index in [1.807, 2.05) is 21.0 Å². The standard InChI is InChI=1S/C12H27N3O/c1-6-11(13)12(16)14-10(7-9(2)3)8-15(4)5/h9-11H,6-8,13H2,1-5H3,(H,14,16)/t10?,11-/m0/s1. The second kappa shape index (κ2) is 7.63. The number of nitrogens with one attached hydrogen (secondary N) is 1. The number of amides is 1. The second-order valence-electron chi connectivity index (χ2n) is 5.11. The SMILES string of the molecule is CC[C@H](N)C(=O)NC(CC(C)C)CN(C)C. The van der Waals surface area contributed by atoms with Gasteiger partial charge in [0.2, 0.25) is 5.91 Å². The van der Waals surface area contributed by atoms with E-state index in [0.29, 0.717) is 12.3 Å². The first kappa shape index (κ1) is 15.4. The molecule has 1 amide bonds. The van der Waals surface area contributed by atoms with Crippen molar-refractivity contribution in [1.82, 2.24) is 10.2 Å². The third kappa shape index (κ3) is 6.80. The van der Waals surface area contributed by atoms with Crippen LogP contribution >= 0.6 is 0 Å². The molecule has 0 saturated heterocycles. The molecule has 0 aliphatic heterocycles. The first-order chi connectivity index (χ1) is 7.36. The van der Waals surface area contributed by atoms with Crippen LogP contribution in [0.15, 0.2) is 0 Å². The van der Waals surface area contributed by atoms with Gasteiger partial charge in [0.05, 0.1) is 6.04 Å². The summed E-state index contributed by atoms with van der Waals surface area (Å²) in [6.07, 6.45) is 1.67. The van der Waals surface area contributed by atoms with Gasteiger partial charge in [-0.25, -0.2) is 0 Å². The van der Waals surface area contributed by atoms with Gasteiger partial charge in [-0.1, -0.05) is 20.8 Å². The first-order valence-electron chi connectivity index (χ1n) is 6.07. The zero-order chi connectivity index (χ0) is 12.7. The molecule has 0 aromatic carbocycles. The van der Waals surface area contributed by atoms with Crippen molar-refractivity contribution in [2.24, 2.45) is 11.7 Å². The van der Waals surface area contributed by atoms with Crippen molar-refractivity contribution >= 4 is 5.91 Å². The van der Waals surface area contributed by atoms with E-state index in [0.717, 1.165) is 13.0 Å². The summed E-state index contributed by atoms with van der Waals surface area (Å²) in [5, 5.41) is 3.02. The number of carbonyl (C=O) groups is 1. The summed E-state index contributed by atoms with van der Waals surface area (Å²) in [6, 6.07) is -0.183. The minimum absolute atomic E-state index is 0.0324. The van der Waals surface area contributed by atoms with Gasteiger partial charge in [0.25, 0.3) is 0 Å². The van der Waals surface area contributed by atoms with Crippen molar-refractivity contribution in [3.05, 3.63) is 0 Å². The third-order valence-corrected chi connectivity index (χ3v) is 2.46. The lowest BCUT2D eigenvalue weighted by molar-refractivity contribution is -0.123. The average molecular weight is 229 g/mol. The maximum absolute atomic E-state index is 11.7. The Bertz CT molecular complexity index is 194. The summed E-state index contributed by atoms with van der Waals surface area (Å²) in [5.74, 6) is 0.540. The van der Waals surface area contributed by atoms with Crippen molar-refractivity contribution in [2.45, 2.75) is 45.7 Å². The monoisotopic (exact) mass is 229 g/mol. The molecule has 4 heteroatoms. The van der Waals surface area contributed by atoms with E-state index in [4.69, 9.17) is 5.73 Å². The molecule has 3 N–H and O–H groups in total. The third-order valence-electron chi connectivity index (χ3n) is 2.46. The van der Waals surface area contributed by atoms with Gasteiger partial charge in [-0.15, -0.1) is 0 Å². The number of carbonyl (C=O) groups excluding carboxylic acids is 1. The summed E-state index contributed by atoms with van der Waals surface area (Å²) in [4.78, 5) is 13.8. The topological polar surface area (TPSA) is 58.4 Å². The molecule has 0 aliphatic carbocycles. The van der Waals surface area contributed by atoms with Crippen molar-refractivity contribution < 1.29 is 4.79 Å². The zero-order valence-corrected chi connectivity index (χ0v) is 11.3. The molecule has 0 rings (SSSR count). The Labute approximate surface area is 99.6 Å². The molecule has 16 heavy (non-hydrogen) atoms. The van der Waals surface area contributed by atoms with E-state index in [1.54, 1.807) is 0 Å². The predicted molar refractivity (Wildman–Crippen MR) is 68.2 cm³/mol. The zero-order valence-electron chi connectivity index (χ0n) is 11.3. The van der Waals surface area contributed by atoms with Crippen LogP contribution in [0.2, 0.25) is 0 Å². The number of hydrogen-bond donors (Lipinski definition) is 2. The summed E-state index contributed by atoms with van der Waals surface area (Å²) >= 11 is 0. The van der Waals surface area contributed by atoms with E-state index in [9.17, 15) is 4.79 Å². The Morgan fingerprint density at radius 3 is 2.31 bits per heavy atom. The lowest BCUT2D eigenvalue weighted by Gasteiger charge is -2.25. The lowest BCUT2D eigenvalue weighted by Crippen LogP contribution is -2.48. The highest BCUT2D eigenvalue weighted by Gasteiger charge is 2.18. The van der Waals surface area contributed by atoms with Crippen molar-refractivity contribution in [3.63, 3.8) is 0 Å². The predicted octanol–water partition coefficient (Wildman–Crippen LogP) is 0.816. The molecule has 2 atom stereocenters. The smallest absolute Gasteiger partial charge is 0.237 e. The number of hydrogen-bond acceptors (Lipinski definition) is 3. The van der Waals surface area contributed by atoms with Gasteiger partial charge >= 0.3 is 0 Å². The highest BCUT2D eigenvalue weighted by Crippen LogP contribution is 2.06. The van der Waals surface area contributed by atoms with E-state index in [-0.39, 0.29) is 18.0 Å². The van der Waals surface area contributed by atoms with Crippen LogP contribution in [-0.4, -0.2) is 43.5 Å². The molecule has 4 nitrogen and oxygen atoms in total. The first-order valence-corrected chi connectivity index (χ1v) is 6.07. The van der Waals surface area contributed by atoms with Crippen LogP contribution in [0, 0.1) is 5.92 Å². The molecule has 0 aromatic rings. The van der Waals surface area contributed by atoms with Crippen LogP contribution in [-0.2, 0) is 4.79 Å². The van der Waals surface area contributed by atoms with Crippen LogP contribution in [0.3, 0.4) is 0 Å². The van der Waals surface area contributed by atoms with Crippen LogP contribution in [0.1, 0.15) is 33.6 Å². The molecule has 96 valence electrons. The number of rotatable bonds is 7. The van der Waals surface area contributed by atoms with Crippen LogP contribution in [0.5, 0.6) is 0 Å². The maximum atomic E-state index is 11.7. The summed E-state index contributed by atoms with van der Waals surface area (Å²) in [7, 11) is 4.03.